The van der Waals surface area contributed by atoms with E-state index in [1.165, 1.54) is 13.0 Å². The van der Waals surface area contributed by atoms with E-state index in [4.69, 9.17) is 0 Å². The van der Waals surface area contributed by atoms with Crippen molar-refractivity contribution in [1.82, 2.24) is 0 Å². The van der Waals surface area contributed by atoms with Crippen molar-refractivity contribution in [3.05, 3.63) is 51.6 Å². The molecule has 0 fully saturated rings. The molecule has 0 radical (unpaired) electrons. The molecule has 3 rings (SSSR count). The largest absolute Gasteiger partial charge is 0.312 e. The maximum Gasteiger partial charge on any atom is 0.261 e. The number of sulfonamides is 1. The zero-order valence-corrected chi connectivity index (χ0v) is 15.4. The van der Waals surface area contributed by atoms with E-state index in [9.17, 15) is 13.2 Å². The van der Waals surface area contributed by atoms with Gasteiger partial charge in [0.2, 0.25) is 5.91 Å². The molecule has 1 amide bonds. The number of hydrogen-bond donors (Lipinski definition) is 1. The second-order valence-corrected chi connectivity index (χ2v) is 8.25. The number of carbonyl (C=O) groups excluding carboxylic acids is 1. The fourth-order valence-electron chi connectivity index (χ4n) is 2.60. The number of nitrogens with one attached hydrogen (secondary N) is 1. The first-order chi connectivity index (χ1) is 10.9. The van der Waals surface area contributed by atoms with E-state index in [0.717, 1.165) is 14.8 Å². The summed E-state index contributed by atoms with van der Waals surface area (Å²) in [6.45, 7) is 2.11. The van der Waals surface area contributed by atoms with Gasteiger partial charge in [-0.05, 0) is 77.0 Å². The summed E-state index contributed by atoms with van der Waals surface area (Å²) in [5.74, 6) is -0.0311. The average Bonchev–Trinajstić information content (AvgIpc) is 2.92. The summed E-state index contributed by atoms with van der Waals surface area (Å²) < 4.78 is 28.6. The summed E-state index contributed by atoms with van der Waals surface area (Å²) >= 11 is 2.16. The molecule has 0 saturated carbocycles. The molecule has 0 unspecified atom stereocenters. The lowest BCUT2D eigenvalue weighted by molar-refractivity contribution is -0.116. The Bertz CT molecular complexity index is 863. The number of fused-ring (bicyclic) bond motifs is 1. The number of carbonyl (C=O) groups is 1. The van der Waals surface area contributed by atoms with Crippen LogP contribution < -0.4 is 9.62 Å². The summed E-state index contributed by atoms with van der Waals surface area (Å²) in [5.41, 5.74) is 2.20. The Morgan fingerprint density at radius 1 is 1.17 bits per heavy atom. The van der Waals surface area contributed by atoms with Gasteiger partial charge in [0.25, 0.3) is 10.0 Å². The molecule has 1 N–H and O–H groups in total. The molecule has 1 aliphatic heterocycles. The van der Waals surface area contributed by atoms with Gasteiger partial charge in [0.15, 0.2) is 0 Å². The molecular formula is C16H15IN2O3S. The van der Waals surface area contributed by atoms with Crippen molar-refractivity contribution in [3.8, 4) is 0 Å². The SMILES string of the molecule is CC(=O)N1CCc2cc(S(=O)(=O)Nc3ccc(I)cc3)ccc21. The first-order valence-corrected chi connectivity index (χ1v) is 9.62. The Balaban J connectivity index is 1.89. The van der Waals surface area contributed by atoms with Crippen molar-refractivity contribution in [3.63, 3.8) is 0 Å². The Labute approximate surface area is 148 Å². The molecule has 0 saturated heterocycles. The van der Waals surface area contributed by atoms with Crippen molar-refractivity contribution in [2.24, 2.45) is 0 Å². The molecule has 0 spiro atoms. The normalized spacial score (nSPS) is 13.7. The van der Waals surface area contributed by atoms with Gasteiger partial charge in [0.1, 0.15) is 0 Å². The molecule has 2 aromatic rings. The minimum Gasteiger partial charge on any atom is -0.312 e. The summed E-state index contributed by atoms with van der Waals surface area (Å²) in [5, 5.41) is 0. The lowest BCUT2D eigenvalue weighted by Crippen LogP contribution is -2.25. The van der Waals surface area contributed by atoms with Gasteiger partial charge in [0, 0.05) is 28.4 Å². The molecule has 120 valence electrons. The Morgan fingerprint density at radius 3 is 2.52 bits per heavy atom. The van der Waals surface area contributed by atoms with E-state index in [2.05, 4.69) is 27.3 Å². The lowest BCUT2D eigenvalue weighted by atomic mass is 10.2. The van der Waals surface area contributed by atoms with Crippen molar-refractivity contribution in [2.45, 2.75) is 18.2 Å². The second kappa shape index (κ2) is 6.12. The number of halogens is 1. The van der Waals surface area contributed by atoms with Crippen LogP contribution in [0.1, 0.15) is 12.5 Å². The molecule has 0 aliphatic carbocycles. The predicted molar refractivity (Wildman–Crippen MR) is 98.1 cm³/mol. The van der Waals surface area contributed by atoms with Crippen LogP contribution >= 0.6 is 22.6 Å². The summed E-state index contributed by atoms with van der Waals surface area (Å²) in [4.78, 5) is 13.4. The second-order valence-electron chi connectivity index (χ2n) is 5.32. The first kappa shape index (κ1) is 16.3. The molecule has 23 heavy (non-hydrogen) atoms. The maximum absolute atomic E-state index is 12.5. The van der Waals surface area contributed by atoms with Gasteiger partial charge in [-0.1, -0.05) is 0 Å². The quantitative estimate of drug-likeness (QED) is 0.744. The molecule has 0 atom stereocenters. The van der Waals surface area contributed by atoms with Gasteiger partial charge in [-0.15, -0.1) is 0 Å². The van der Waals surface area contributed by atoms with Crippen LogP contribution in [0.3, 0.4) is 0 Å². The number of benzene rings is 2. The van der Waals surface area contributed by atoms with Crippen LogP contribution in [-0.2, 0) is 21.2 Å². The molecule has 7 heteroatoms. The fourth-order valence-corrected chi connectivity index (χ4v) is 4.07. The third-order valence-electron chi connectivity index (χ3n) is 3.73. The molecular weight excluding hydrogens is 427 g/mol. The molecule has 2 aromatic carbocycles. The highest BCUT2D eigenvalue weighted by atomic mass is 127. The molecule has 0 bridgehead atoms. The number of rotatable bonds is 3. The lowest BCUT2D eigenvalue weighted by Gasteiger charge is -2.15. The van der Waals surface area contributed by atoms with Crippen molar-refractivity contribution >= 4 is 49.9 Å². The summed E-state index contributed by atoms with van der Waals surface area (Å²) in [6.07, 6.45) is 0.668. The van der Waals surface area contributed by atoms with Crippen molar-refractivity contribution in [2.75, 3.05) is 16.2 Å². The molecule has 1 aliphatic rings. The van der Waals surface area contributed by atoms with Gasteiger partial charge in [-0.25, -0.2) is 8.42 Å². The molecule has 0 aromatic heterocycles. The predicted octanol–water partition coefficient (Wildman–Crippen LogP) is 3.00. The van der Waals surface area contributed by atoms with Gasteiger partial charge in [-0.2, -0.15) is 0 Å². The number of amides is 1. The van der Waals surface area contributed by atoms with E-state index in [-0.39, 0.29) is 10.8 Å². The topological polar surface area (TPSA) is 66.5 Å². The average molecular weight is 442 g/mol. The summed E-state index contributed by atoms with van der Waals surface area (Å²) in [7, 11) is -3.64. The van der Waals surface area contributed by atoms with E-state index in [1.807, 2.05) is 12.1 Å². The third kappa shape index (κ3) is 3.35. The van der Waals surface area contributed by atoms with Crippen molar-refractivity contribution in [1.29, 1.82) is 0 Å². The zero-order chi connectivity index (χ0) is 16.6. The zero-order valence-electron chi connectivity index (χ0n) is 12.4. The van der Waals surface area contributed by atoms with E-state index in [1.54, 1.807) is 29.2 Å². The van der Waals surface area contributed by atoms with Crippen LogP contribution in [0.15, 0.2) is 47.4 Å². The highest BCUT2D eigenvalue weighted by Gasteiger charge is 2.24. The highest BCUT2D eigenvalue weighted by Crippen LogP contribution is 2.30. The molecule has 1 heterocycles. The van der Waals surface area contributed by atoms with Gasteiger partial charge in [0.05, 0.1) is 4.90 Å². The number of anilines is 2. The Kier molecular flexibility index (Phi) is 4.33. The number of hydrogen-bond acceptors (Lipinski definition) is 3. The minimum atomic E-state index is -3.64. The third-order valence-corrected chi connectivity index (χ3v) is 5.83. The fraction of sp³-hybridized carbons (Fsp3) is 0.188. The smallest absolute Gasteiger partial charge is 0.261 e. The molecule has 5 nitrogen and oxygen atoms in total. The van der Waals surface area contributed by atoms with Gasteiger partial charge < -0.3 is 4.90 Å². The number of nitrogens with zero attached hydrogens (tertiary/aromatic N) is 1. The van der Waals surface area contributed by atoms with Crippen LogP contribution in [0.5, 0.6) is 0 Å². The van der Waals surface area contributed by atoms with Crippen LogP contribution in [0.2, 0.25) is 0 Å². The van der Waals surface area contributed by atoms with Crippen LogP contribution in [-0.4, -0.2) is 20.9 Å². The van der Waals surface area contributed by atoms with Crippen molar-refractivity contribution < 1.29 is 13.2 Å². The van der Waals surface area contributed by atoms with Crippen LogP contribution in [0, 0.1) is 3.57 Å². The Morgan fingerprint density at radius 2 is 1.87 bits per heavy atom. The minimum absolute atomic E-state index is 0.0311. The summed E-state index contributed by atoms with van der Waals surface area (Å²) in [6, 6.07) is 12.0. The Hall–Kier alpha value is -1.61. The van der Waals surface area contributed by atoms with Crippen LogP contribution in [0.4, 0.5) is 11.4 Å². The van der Waals surface area contributed by atoms with Crippen LogP contribution in [0.25, 0.3) is 0 Å². The highest BCUT2D eigenvalue weighted by molar-refractivity contribution is 14.1. The van der Waals surface area contributed by atoms with Gasteiger partial charge >= 0.3 is 0 Å². The standard InChI is InChI=1S/C16H15IN2O3S/c1-11(20)19-9-8-12-10-15(6-7-16(12)19)23(21,22)18-14-4-2-13(17)3-5-14/h2-7,10,18H,8-9H2,1H3. The monoisotopic (exact) mass is 442 g/mol. The van der Waals surface area contributed by atoms with E-state index in [0.29, 0.717) is 18.7 Å². The van der Waals surface area contributed by atoms with Gasteiger partial charge in [-0.3, -0.25) is 9.52 Å². The van der Waals surface area contributed by atoms with E-state index >= 15 is 0 Å². The maximum atomic E-state index is 12.5. The van der Waals surface area contributed by atoms with E-state index < -0.39 is 10.0 Å². The first-order valence-electron chi connectivity index (χ1n) is 7.06.